The molecule has 152 valence electrons. The highest BCUT2D eigenvalue weighted by molar-refractivity contribution is 7.15. The fourth-order valence-corrected chi connectivity index (χ4v) is 3.32. The predicted octanol–water partition coefficient (Wildman–Crippen LogP) is 4.18. The molecule has 1 amide bonds. The van der Waals surface area contributed by atoms with Crippen LogP contribution >= 0.6 is 11.3 Å². The minimum absolute atomic E-state index is 0.207. The third-order valence-electron chi connectivity index (χ3n) is 3.92. The molecular formula is C19H15F3N2O4S. The lowest BCUT2D eigenvalue weighted by Crippen LogP contribution is -2.24. The summed E-state index contributed by atoms with van der Waals surface area (Å²) in [5.74, 6) is -0.663. The summed E-state index contributed by atoms with van der Waals surface area (Å²) in [7, 11) is 1.26. The lowest BCUT2D eigenvalue weighted by molar-refractivity contribution is -0.137. The number of thiophene rings is 1. The van der Waals surface area contributed by atoms with Gasteiger partial charge in [0.05, 0.1) is 23.2 Å². The van der Waals surface area contributed by atoms with Gasteiger partial charge in [0, 0.05) is 24.6 Å². The van der Waals surface area contributed by atoms with Crippen LogP contribution < -0.4 is 5.32 Å². The number of ether oxygens (including phenoxy) is 1. The number of benzene rings is 1. The number of amides is 1. The summed E-state index contributed by atoms with van der Waals surface area (Å²) in [6.45, 7) is 0.235. The maximum absolute atomic E-state index is 12.8. The Morgan fingerprint density at radius 1 is 1.17 bits per heavy atom. The molecule has 0 fully saturated rings. The molecule has 10 heteroatoms. The SMILES string of the molecule is COC(=O)c1ccc(C(=O)NCCc2cc(-c3cccc(C(F)(F)F)c3)on2)s1. The smallest absolute Gasteiger partial charge is 0.416 e. The zero-order valence-electron chi connectivity index (χ0n) is 15.1. The first-order valence-corrected chi connectivity index (χ1v) is 9.19. The van der Waals surface area contributed by atoms with Crippen LogP contribution in [0, 0.1) is 0 Å². The monoisotopic (exact) mass is 424 g/mol. The van der Waals surface area contributed by atoms with Crippen molar-refractivity contribution < 1.29 is 32.0 Å². The number of nitrogens with zero attached hydrogens (tertiary/aromatic N) is 1. The van der Waals surface area contributed by atoms with Crippen molar-refractivity contribution in [3.8, 4) is 11.3 Å². The van der Waals surface area contributed by atoms with E-state index in [1.807, 2.05) is 0 Å². The van der Waals surface area contributed by atoms with E-state index in [0.29, 0.717) is 21.9 Å². The van der Waals surface area contributed by atoms with Crippen LogP contribution in [0.15, 0.2) is 47.0 Å². The van der Waals surface area contributed by atoms with Gasteiger partial charge in [0.2, 0.25) is 0 Å². The van der Waals surface area contributed by atoms with Crippen molar-refractivity contribution in [2.45, 2.75) is 12.6 Å². The van der Waals surface area contributed by atoms with Crippen molar-refractivity contribution >= 4 is 23.2 Å². The molecule has 0 unspecified atom stereocenters. The molecule has 29 heavy (non-hydrogen) atoms. The van der Waals surface area contributed by atoms with Gasteiger partial charge < -0.3 is 14.6 Å². The number of nitrogens with one attached hydrogen (secondary N) is 1. The number of aromatic nitrogens is 1. The van der Waals surface area contributed by atoms with E-state index in [0.717, 1.165) is 23.5 Å². The largest absolute Gasteiger partial charge is 0.465 e. The van der Waals surface area contributed by atoms with Gasteiger partial charge in [-0.3, -0.25) is 4.79 Å². The van der Waals surface area contributed by atoms with Crippen LogP contribution in [-0.4, -0.2) is 30.7 Å². The summed E-state index contributed by atoms with van der Waals surface area (Å²) >= 11 is 1.01. The van der Waals surface area contributed by atoms with E-state index in [1.165, 1.54) is 37.4 Å². The van der Waals surface area contributed by atoms with Gasteiger partial charge in [0.1, 0.15) is 4.88 Å². The molecule has 2 aromatic heterocycles. The molecule has 2 heterocycles. The van der Waals surface area contributed by atoms with Gasteiger partial charge in [-0.15, -0.1) is 11.3 Å². The number of halogens is 3. The first kappa shape index (κ1) is 20.6. The van der Waals surface area contributed by atoms with Gasteiger partial charge in [-0.05, 0) is 24.3 Å². The molecule has 6 nitrogen and oxygen atoms in total. The molecule has 0 saturated carbocycles. The van der Waals surface area contributed by atoms with Crippen LogP contribution in [-0.2, 0) is 17.3 Å². The maximum Gasteiger partial charge on any atom is 0.416 e. The van der Waals surface area contributed by atoms with Crippen molar-refractivity contribution in [2.24, 2.45) is 0 Å². The van der Waals surface area contributed by atoms with E-state index in [1.54, 1.807) is 0 Å². The molecule has 1 N–H and O–H groups in total. The average Bonchev–Trinajstić information content (AvgIpc) is 3.37. The first-order chi connectivity index (χ1) is 13.8. The minimum Gasteiger partial charge on any atom is -0.465 e. The number of methoxy groups -OCH3 is 1. The number of carbonyl (C=O) groups excluding carboxylic acids is 2. The highest BCUT2D eigenvalue weighted by atomic mass is 32.1. The van der Waals surface area contributed by atoms with E-state index in [-0.39, 0.29) is 23.8 Å². The number of rotatable bonds is 6. The van der Waals surface area contributed by atoms with Gasteiger partial charge in [0.25, 0.3) is 5.91 Å². The molecule has 0 atom stereocenters. The van der Waals surface area contributed by atoms with Crippen LogP contribution in [0.5, 0.6) is 0 Å². The Kier molecular flexibility index (Phi) is 6.02. The van der Waals surface area contributed by atoms with Gasteiger partial charge in [-0.1, -0.05) is 17.3 Å². The highest BCUT2D eigenvalue weighted by Crippen LogP contribution is 2.32. The van der Waals surface area contributed by atoms with E-state index < -0.39 is 17.7 Å². The van der Waals surface area contributed by atoms with Gasteiger partial charge >= 0.3 is 12.1 Å². The van der Waals surface area contributed by atoms with Crippen LogP contribution in [0.1, 0.15) is 30.6 Å². The molecule has 0 aliphatic carbocycles. The van der Waals surface area contributed by atoms with Crippen LogP contribution in [0.25, 0.3) is 11.3 Å². The Bertz CT molecular complexity index is 1030. The fraction of sp³-hybridized carbons (Fsp3) is 0.211. The average molecular weight is 424 g/mol. The summed E-state index contributed by atoms with van der Waals surface area (Å²) in [6.07, 6.45) is -4.12. The van der Waals surface area contributed by atoms with Gasteiger partial charge in [-0.25, -0.2) is 4.79 Å². The van der Waals surface area contributed by atoms with E-state index >= 15 is 0 Å². The molecule has 1 aromatic carbocycles. The molecule has 0 aliphatic rings. The topological polar surface area (TPSA) is 81.4 Å². The molecule has 0 radical (unpaired) electrons. The van der Waals surface area contributed by atoms with E-state index in [9.17, 15) is 22.8 Å². The Morgan fingerprint density at radius 3 is 2.66 bits per heavy atom. The minimum atomic E-state index is -4.45. The first-order valence-electron chi connectivity index (χ1n) is 8.37. The summed E-state index contributed by atoms with van der Waals surface area (Å²) in [4.78, 5) is 24.2. The number of esters is 1. The second-order valence-electron chi connectivity index (χ2n) is 5.92. The van der Waals surface area contributed by atoms with E-state index in [4.69, 9.17) is 4.52 Å². The molecule has 0 saturated heterocycles. The van der Waals surface area contributed by atoms with E-state index in [2.05, 4.69) is 15.2 Å². The fourth-order valence-electron chi connectivity index (χ4n) is 2.48. The summed E-state index contributed by atoms with van der Waals surface area (Å²) in [6, 6.07) is 9.32. The normalized spacial score (nSPS) is 11.3. The van der Waals surface area contributed by atoms with Crippen molar-refractivity contribution in [3.05, 3.63) is 63.5 Å². The quantitative estimate of drug-likeness (QED) is 0.601. The summed E-state index contributed by atoms with van der Waals surface area (Å²) < 4.78 is 48.2. The standard InChI is InChI=1S/C19H15F3N2O4S/c1-27-18(26)16-6-5-15(29-16)17(25)23-8-7-13-10-14(28-24-13)11-3-2-4-12(9-11)19(20,21)22/h2-6,9-10H,7-8H2,1H3,(H,23,25). The molecular weight excluding hydrogens is 409 g/mol. The molecule has 0 aliphatic heterocycles. The van der Waals surface area contributed by atoms with Crippen LogP contribution in [0.2, 0.25) is 0 Å². The van der Waals surface area contributed by atoms with Gasteiger partial charge in [0.15, 0.2) is 5.76 Å². The Morgan fingerprint density at radius 2 is 1.93 bits per heavy atom. The number of hydrogen-bond acceptors (Lipinski definition) is 6. The second kappa shape index (κ2) is 8.48. The Labute approximate surface area is 167 Å². The lowest BCUT2D eigenvalue weighted by Gasteiger charge is -2.06. The second-order valence-corrected chi connectivity index (χ2v) is 7.01. The molecule has 0 spiro atoms. The zero-order valence-corrected chi connectivity index (χ0v) is 15.9. The van der Waals surface area contributed by atoms with Crippen LogP contribution in [0.4, 0.5) is 13.2 Å². The Balaban J connectivity index is 1.58. The third kappa shape index (κ3) is 5.02. The van der Waals surface area contributed by atoms with Crippen molar-refractivity contribution in [1.29, 1.82) is 0 Å². The van der Waals surface area contributed by atoms with Crippen molar-refractivity contribution in [3.63, 3.8) is 0 Å². The molecule has 3 aromatic rings. The summed E-state index contributed by atoms with van der Waals surface area (Å²) in [5.41, 5.74) is -0.0295. The number of carbonyl (C=O) groups is 2. The van der Waals surface area contributed by atoms with Gasteiger partial charge in [-0.2, -0.15) is 13.2 Å². The van der Waals surface area contributed by atoms with Crippen LogP contribution in [0.3, 0.4) is 0 Å². The molecule has 3 rings (SSSR count). The highest BCUT2D eigenvalue weighted by Gasteiger charge is 2.30. The van der Waals surface area contributed by atoms with Crippen molar-refractivity contribution in [1.82, 2.24) is 10.5 Å². The number of alkyl halides is 3. The predicted molar refractivity (Wildman–Crippen MR) is 98.6 cm³/mol. The number of hydrogen-bond donors (Lipinski definition) is 1. The summed E-state index contributed by atoms with van der Waals surface area (Å²) in [5, 5.41) is 6.51. The third-order valence-corrected chi connectivity index (χ3v) is 4.98. The molecule has 0 bridgehead atoms. The maximum atomic E-state index is 12.8. The zero-order chi connectivity index (χ0) is 21.0. The Hall–Kier alpha value is -3.14. The van der Waals surface area contributed by atoms with Crippen molar-refractivity contribution in [2.75, 3.05) is 13.7 Å². The lowest BCUT2D eigenvalue weighted by atomic mass is 10.1.